The molecule has 1 amide bonds. The van der Waals surface area contributed by atoms with Crippen LogP contribution in [0.5, 0.6) is 0 Å². The average Bonchev–Trinajstić information content (AvgIpc) is 3.43. The van der Waals surface area contributed by atoms with Gasteiger partial charge in [-0.05, 0) is 61.2 Å². The molecule has 2 aliphatic heterocycles. The SMILES string of the molecule is CC1Cc2ccccc2N1S(=O)(=O)c1cccc(C(=O)OCC(=O)N2CCc3ccccc32)c1. The summed E-state index contributed by atoms with van der Waals surface area (Å²) in [6.07, 6.45) is 1.38. The lowest BCUT2D eigenvalue weighted by molar-refractivity contribution is -0.121. The van der Waals surface area contributed by atoms with Crippen LogP contribution in [0.2, 0.25) is 0 Å². The van der Waals surface area contributed by atoms with E-state index in [0.29, 0.717) is 18.7 Å². The van der Waals surface area contributed by atoms with Crippen LogP contribution in [0.4, 0.5) is 11.4 Å². The zero-order chi connectivity index (χ0) is 23.9. The second kappa shape index (κ2) is 8.61. The van der Waals surface area contributed by atoms with Crippen LogP contribution >= 0.6 is 0 Å². The quantitative estimate of drug-likeness (QED) is 0.526. The molecule has 0 saturated heterocycles. The highest BCUT2D eigenvalue weighted by molar-refractivity contribution is 7.92. The van der Waals surface area contributed by atoms with Gasteiger partial charge >= 0.3 is 5.97 Å². The number of rotatable bonds is 5. The molecule has 1 atom stereocenters. The fourth-order valence-electron chi connectivity index (χ4n) is 4.69. The summed E-state index contributed by atoms with van der Waals surface area (Å²) in [5.41, 5.74) is 3.61. The van der Waals surface area contributed by atoms with Gasteiger partial charge in [0.25, 0.3) is 15.9 Å². The fraction of sp³-hybridized carbons (Fsp3) is 0.231. The third kappa shape index (κ3) is 3.84. The molecule has 174 valence electrons. The Bertz CT molecular complexity index is 1390. The highest BCUT2D eigenvalue weighted by Crippen LogP contribution is 2.36. The molecule has 7 nitrogen and oxygen atoms in total. The van der Waals surface area contributed by atoms with Gasteiger partial charge in [0.15, 0.2) is 6.61 Å². The Balaban J connectivity index is 1.31. The Kier molecular flexibility index (Phi) is 5.61. The molecule has 3 aromatic rings. The number of amides is 1. The summed E-state index contributed by atoms with van der Waals surface area (Å²) in [5, 5.41) is 0. The predicted octanol–water partition coefficient (Wildman–Crippen LogP) is 3.57. The monoisotopic (exact) mass is 476 g/mol. The molecule has 2 heterocycles. The normalized spacial score (nSPS) is 16.8. The molecule has 0 aliphatic carbocycles. The first-order chi connectivity index (χ1) is 16.4. The van der Waals surface area contributed by atoms with Crippen molar-refractivity contribution >= 4 is 33.3 Å². The number of carbonyl (C=O) groups excluding carboxylic acids is 2. The Labute approximate surface area is 198 Å². The first kappa shape index (κ1) is 22.2. The summed E-state index contributed by atoms with van der Waals surface area (Å²) in [7, 11) is -3.88. The lowest BCUT2D eigenvalue weighted by atomic mass is 10.1. The number of nitrogens with zero attached hydrogens (tertiary/aromatic N) is 2. The number of ether oxygens (including phenoxy) is 1. The van der Waals surface area contributed by atoms with E-state index in [1.165, 1.54) is 28.6 Å². The predicted molar refractivity (Wildman–Crippen MR) is 128 cm³/mol. The van der Waals surface area contributed by atoms with E-state index in [1.807, 2.05) is 49.4 Å². The lowest BCUT2D eigenvalue weighted by Crippen LogP contribution is -2.35. The van der Waals surface area contributed by atoms with E-state index in [-0.39, 0.29) is 22.4 Å². The van der Waals surface area contributed by atoms with Crippen molar-refractivity contribution in [2.75, 3.05) is 22.4 Å². The van der Waals surface area contributed by atoms with Crippen LogP contribution in [0.15, 0.2) is 77.7 Å². The van der Waals surface area contributed by atoms with Gasteiger partial charge in [-0.2, -0.15) is 0 Å². The van der Waals surface area contributed by atoms with Gasteiger partial charge in [-0.3, -0.25) is 9.10 Å². The number of fused-ring (bicyclic) bond motifs is 2. The Morgan fingerprint density at radius 3 is 2.44 bits per heavy atom. The first-order valence-electron chi connectivity index (χ1n) is 11.1. The third-order valence-electron chi connectivity index (χ3n) is 6.29. The molecule has 0 radical (unpaired) electrons. The van der Waals surface area contributed by atoms with E-state index in [1.54, 1.807) is 11.0 Å². The highest BCUT2D eigenvalue weighted by atomic mass is 32.2. The summed E-state index contributed by atoms with van der Waals surface area (Å²) in [6.45, 7) is 1.98. The van der Waals surface area contributed by atoms with Crippen molar-refractivity contribution in [2.45, 2.75) is 30.7 Å². The fourth-order valence-corrected chi connectivity index (χ4v) is 6.43. The first-order valence-corrected chi connectivity index (χ1v) is 12.6. The summed E-state index contributed by atoms with van der Waals surface area (Å²) in [5.74, 6) is -1.06. The highest BCUT2D eigenvalue weighted by Gasteiger charge is 2.36. The van der Waals surface area contributed by atoms with Crippen LogP contribution in [-0.4, -0.2) is 39.5 Å². The molecule has 0 N–H and O–H groups in total. The average molecular weight is 477 g/mol. The summed E-state index contributed by atoms with van der Waals surface area (Å²) in [6, 6.07) is 20.6. The van der Waals surface area contributed by atoms with Crippen molar-refractivity contribution < 1.29 is 22.7 Å². The molecule has 0 bridgehead atoms. The number of para-hydroxylation sites is 2. The Hall–Kier alpha value is -3.65. The van der Waals surface area contributed by atoms with Crippen LogP contribution in [0.1, 0.15) is 28.4 Å². The van der Waals surface area contributed by atoms with Gasteiger partial charge < -0.3 is 9.64 Å². The summed E-state index contributed by atoms with van der Waals surface area (Å²) >= 11 is 0. The molecule has 0 aromatic heterocycles. The van der Waals surface area contributed by atoms with Crippen molar-refractivity contribution in [3.8, 4) is 0 Å². The molecule has 2 aliphatic rings. The van der Waals surface area contributed by atoms with Gasteiger partial charge in [-0.25, -0.2) is 13.2 Å². The second-order valence-corrected chi connectivity index (χ2v) is 10.3. The molecular formula is C26H24N2O5S. The van der Waals surface area contributed by atoms with Crippen molar-refractivity contribution in [2.24, 2.45) is 0 Å². The number of benzene rings is 3. The van der Waals surface area contributed by atoms with E-state index < -0.39 is 22.6 Å². The molecule has 34 heavy (non-hydrogen) atoms. The number of hydrogen-bond acceptors (Lipinski definition) is 5. The van der Waals surface area contributed by atoms with Gasteiger partial charge in [-0.15, -0.1) is 0 Å². The maximum Gasteiger partial charge on any atom is 0.338 e. The van der Waals surface area contributed by atoms with E-state index in [0.717, 1.165) is 23.2 Å². The van der Waals surface area contributed by atoms with Crippen LogP contribution < -0.4 is 9.21 Å². The largest absolute Gasteiger partial charge is 0.452 e. The molecule has 3 aromatic carbocycles. The zero-order valence-corrected chi connectivity index (χ0v) is 19.5. The molecule has 5 rings (SSSR count). The van der Waals surface area contributed by atoms with Crippen LogP contribution in [0.25, 0.3) is 0 Å². The topological polar surface area (TPSA) is 84.0 Å². The maximum atomic E-state index is 13.5. The smallest absolute Gasteiger partial charge is 0.338 e. The minimum absolute atomic E-state index is 0.00491. The van der Waals surface area contributed by atoms with Gasteiger partial charge in [0.1, 0.15) is 0 Å². The maximum absolute atomic E-state index is 13.5. The van der Waals surface area contributed by atoms with E-state index >= 15 is 0 Å². The zero-order valence-electron chi connectivity index (χ0n) is 18.7. The summed E-state index contributed by atoms with van der Waals surface area (Å²) in [4.78, 5) is 26.9. The number of anilines is 2. The lowest BCUT2D eigenvalue weighted by Gasteiger charge is -2.24. The Morgan fingerprint density at radius 1 is 0.941 bits per heavy atom. The van der Waals surface area contributed by atoms with Crippen LogP contribution in [0, 0.1) is 0 Å². The second-order valence-electron chi connectivity index (χ2n) is 8.51. The number of sulfonamides is 1. The number of esters is 1. The number of carbonyl (C=O) groups is 2. The van der Waals surface area contributed by atoms with Crippen LogP contribution in [0.3, 0.4) is 0 Å². The van der Waals surface area contributed by atoms with Gasteiger partial charge in [0, 0.05) is 18.3 Å². The summed E-state index contributed by atoms with van der Waals surface area (Å²) < 4.78 is 33.6. The van der Waals surface area contributed by atoms with E-state index in [2.05, 4.69) is 0 Å². The molecule has 0 spiro atoms. The minimum atomic E-state index is -3.88. The van der Waals surface area contributed by atoms with Gasteiger partial charge in [0.2, 0.25) is 0 Å². The third-order valence-corrected chi connectivity index (χ3v) is 8.21. The Morgan fingerprint density at radius 2 is 1.65 bits per heavy atom. The molecule has 8 heteroatoms. The molecule has 0 fully saturated rings. The van der Waals surface area contributed by atoms with E-state index in [4.69, 9.17) is 4.74 Å². The van der Waals surface area contributed by atoms with Crippen molar-refractivity contribution in [1.82, 2.24) is 0 Å². The van der Waals surface area contributed by atoms with Gasteiger partial charge in [-0.1, -0.05) is 42.5 Å². The van der Waals surface area contributed by atoms with Crippen molar-refractivity contribution in [3.63, 3.8) is 0 Å². The number of hydrogen-bond donors (Lipinski definition) is 0. The molecular weight excluding hydrogens is 452 g/mol. The van der Waals surface area contributed by atoms with Gasteiger partial charge in [0.05, 0.1) is 16.1 Å². The van der Waals surface area contributed by atoms with Crippen molar-refractivity contribution in [3.05, 3.63) is 89.5 Å². The van der Waals surface area contributed by atoms with Crippen LogP contribution in [-0.2, 0) is 32.4 Å². The molecule has 0 saturated carbocycles. The van der Waals surface area contributed by atoms with Crippen molar-refractivity contribution in [1.29, 1.82) is 0 Å². The molecule has 1 unspecified atom stereocenters. The van der Waals surface area contributed by atoms with E-state index in [9.17, 15) is 18.0 Å². The standard InChI is InChI=1S/C26H24N2O5S/c1-18-15-20-8-3-5-12-24(20)28(18)34(31,32)22-10-6-9-21(16-22)26(30)33-17-25(29)27-14-13-19-7-2-4-11-23(19)27/h2-12,16,18H,13-15,17H2,1H3. The minimum Gasteiger partial charge on any atom is -0.452 e.